The summed E-state index contributed by atoms with van der Waals surface area (Å²) in [5.41, 5.74) is 3.82. The zero-order chi connectivity index (χ0) is 23.4. The van der Waals surface area contributed by atoms with Crippen molar-refractivity contribution in [3.05, 3.63) is 105 Å². The first kappa shape index (κ1) is 23.1. The van der Waals surface area contributed by atoms with Crippen molar-refractivity contribution in [1.29, 1.82) is 0 Å². The van der Waals surface area contributed by atoms with E-state index in [0.717, 1.165) is 42.9 Å². The first-order chi connectivity index (χ1) is 16.0. The highest BCUT2D eigenvalue weighted by atomic mass is 19.2. The maximum absolute atomic E-state index is 14.9. The average Bonchev–Trinajstić information content (AvgIpc) is 2.82. The molecule has 4 heteroatoms. The Kier molecular flexibility index (Phi) is 7.18. The van der Waals surface area contributed by atoms with E-state index in [-0.39, 0.29) is 11.5 Å². The minimum Gasteiger partial charge on any atom is -0.204 e. The van der Waals surface area contributed by atoms with E-state index in [1.54, 1.807) is 12.1 Å². The molecule has 0 aliphatic heterocycles. The lowest BCUT2D eigenvalue weighted by Gasteiger charge is -2.26. The highest BCUT2D eigenvalue weighted by Crippen LogP contribution is 2.35. The number of unbranched alkanes of at least 4 members (excludes halogenated alkanes) is 2. The van der Waals surface area contributed by atoms with E-state index in [0.29, 0.717) is 36.0 Å². The first-order valence-electron chi connectivity index (χ1n) is 11.5. The lowest BCUT2D eigenvalue weighted by atomic mass is 9.79. The van der Waals surface area contributed by atoms with Crippen molar-refractivity contribution in [3.8, 4) is 11.8 Å². The molecule has 0 amide bonds. The molecule has 0 radical (unpaired) electrons. The summed E-state index contributed by atoms with van der Waals surface area (Å²) in [5, 5.41) is 0. The molecule has 1 aliphatic carbocycles. The molecule has 3 aromatic carbocycles. The average molecular weight is 451 g/mol. The molecule has 0 heterocycles. The molecule has 1 aliphatic rings. The van der Waals surface area contributed by atoms with Gasteiger partial charge in [-0.25, -0.2) is 17.6 Å². The monoisotopic (exact) mass is 450 g/mol. The van der Waals surface area contributed by atoms with Crippen molar-refractivity contribution < 1.29 is 17.6 Å². The maximum atomic E-state index is 14.9. The molecule has 170 valence electrons. The third kappa shape index (κ3) is 5.14. The fraction of sp³-hybridized carbons (Fsp3) is 0.310. The molecule has 1 unspecified atom stereocenters. The standard InChI is InChI=1S/C29H26F4/c1-2-3-4-6-21-15-16-25(29(33)28(21)32)24-14-13-22-17-19(10-12-23(22)18-24)9-11-20-7-5-8-26(30)27(20)31/h5,7-8,10,12,15-17,24H,2-4,6,13-14,18H2,1H3. The van der Waals surface area contributed by atoms with Crippen LogP contribution in [0.3, 0.4) is 0 Å². The molecule has 0 saturated carbocycles. The van der Waals surface area contributed by atoms with Crippen LogP contribution in [0.5, 0.6) is 0 Å². The van der Waals surface area contributed by atoms with Crippen LogP contribution in [0.4, 0.5) is 17.6 Å². The lowest BCUT2D eigenvalue weighted by Crippen LogP contribution is -2.15. The van der Waals surface area contributed by atoms with Crippen molar-refractivity contribution in [2.75, 3.05) is 0 Å². The summed E-state index contributed by atoms with van der Waals surface area (Å²) in [5.74, 6) is 2.23. The Morgan fingerprint density at radius 1 is 0.848 bits per heavy atom. The van der Waals surface area contributed by atoms with Gasteiger partial charge in [-0.2, -0.15) is 0 Å². The van der Waals surface area contributed by atoms with E-state index in [4.69, 9.17) is 0 Å². The molecular weight excluding hydrogens is 424 g/mol. The van der Waals surface area contributed by atoms with Crippen LogP contribution in [0.1, 0.15) is 71.9 Å². The van der Waals surface area contributed by atoms with Gasteiger partial charge in [0.1, 0.15) is 0 Å². The lowest BCUT2D eigenvalue weighted by molar-refractivity contribution is 0.466. The van der Waals surface area contributed by atoms with Gasteiger partial charge in [-0.05, 0) is 84.5 Å². The van der Waals surface area contributed by atoms with Gasteiger partial charge < -0.3 is 0 Å². The molecule has 33 heavy (non-hydrogen) atoms. The third-order valence-corrected chi connectivity index (χ3v) is 6.41. The minimum absolute atomic E-state index is 0.0171. The molecule has 0 fully saturated rings. The smallest absolute Gasteiger partial charge is 0.174 e. The minimum atomic E-state index is -0.948. The van der Waals surface area contributed by atoms with E-state index in [9.17, 15) is 17.6 Å². The summed E-state index contributed by atoms with van der Waals surface area (Å²) in [4.78, 5) is 0. The number of hydrogen-bond donors (Lipinski definition) is 0. The van der Waals surface area contributed by atoms with Crippen LogP contribution in [0.2, 0.25) is 0 Å². The van der Waals surface area contributed by atoms with Gasteiger partial charge in [0.2, 0.25) is 0 Å². The van der Waals surface area contributed by atoms with Gasteiger partial charge >= 0.3 is 0 Å². The van der Waals surface area contributed by atoms with Crippen LogP contribution in [0.15, 0.2) is 48.5 Å². The SMILES string of the molecule is CCCCCc1ccc(C2CCc3cc(C#Cc4cccc(F)c4F)ccc3C2)c(F)c1F. The van der Waals surface area contributed by atoms with E-state index < -0.39 is 23.3 Å². The van der Waals surface area contributed by atoms with E-state index in [1.807, 2.05) is 18.2 Å². The second-order valence-corrected chi connectivity index (χ2v) is 8.67. The predicted molar refractivity (Wildman–Crippen MR) is 123 cm³/mol. The molecule has 0 nitrogen and oxygen atoms in total. The third-order valence-electron chi connectivity index (χ3n) is 6.41. The first-order valence-corrected chi connectivity index (χ1v) is 11.5. The Morgan fingerprint density at radius 2 is 1.70 bits per heavy atom. The fourth-order valence-electron chi connectivity index (χ4n) is 4.52. The number of fused-ring (bicyclic) bond motifs is 1. The molecule has 0 spiro atoms. The van der Waals surface area contributed by atoms with Crippen LogP contribution >= 0.6 is 0 Å². The Morgan fingerprint density at radius 3 is 2.52 bits per heavy atom. The van der Waals surface area contributed by atoms with Crippen LogP contribution in [-0.4, -0.2) is 0 Å². The zero-order valence-corrected chi connectivity index (χ0v) is 18.7. The number of hydrogen-bond acceptors (Lipinski definition) is 0. The van der Waals surface area contributed by atoms with Gasteiger partial charge in [0.15, 0.2) is 23.3 Å². The number of benzene rings is 3. The summed E-state index contributed by atoms with van der Waals surface area (Å²) in [6.07, 6.45) is 5.54. The number of aryl methyl sites for hydroxylation is 2. The highest BCUT2D eigenvalue weighted by Gasteiger charge is 2.25. The van der Waals surface area contributed by atoms with E-state index in [2.05, 4.69) is 18.8 Å². The van der Waals surface area contributed by atoms with Gasteiger partial charge in [-0.3, -0.25) is 0 Å². The molecule has 1 atom stereocenters. The van der Waals surface area contributed by atoms with Crippen LogP contribution < -0.4 is 0 Å². The Labute approximate surface area is 192 Å². The quantitative estimate of drug-likeness (QED) is 0.213. The summed E-state index contributed by atoms with van der Waals surface area (Å²) in [6.45, 7) is 2.08. The summed E-state index contributed by atoms with van der Waals surface area (Å²) >= 11 is 0. The molecular formula is C29H26F4. The Hall–Kier alpha value is -3.06. The van der Waals surface area contributed by atoms with Gasteiger partial charge in [-0.15, -0.1) is 0 Å². The second kappa shape index (κ2) is 10.3. The predicted octanol–water partition coefficient (Wildman–Crippen LogP) is 7.65. The Bertz CT molecular complexity index is 1220. The molecule has 3 aromatic rings. The summed E-state index contributed by atoms with van der Waals surface area (Å²) in [7, 11) is 0. The molecule has 0 aromatic heterocycles. The molecule has 0 bridgehead atoms. The van der Waals surface area contributed by atoms with Gasteiger partial charge in [-0.1, -0.05) is 55.9 Å². The van der Waals surface area contributed by atoms with Crippen LogP contribution in [0.25, 0.3) is 0 Å². The van der Waals surface area contributed by atoms with Gasteiger partial charge in [0.25, 0.3) is 0 Å². The van der Waals surface area contributed by atoms with Crippen molar-refractivity contribution >= 4 is 0 Å². The fourth-order valence-corrected chi connectivity index (χ4v) is 4.52. The molecule has 4 rings (SSSR count). The van der Waals surface area contributed by atoms with E-state index >= 15 is 0 Å². The number of rotatable bonds is 5. The second-order valence-electron chi connectivity index (χ2n) is 8.67. The van der Waals surface area contributed by atoms with Crippen molar-refractivity contribution in [3.63, 3.8) is 0 Å². The normalized spacial score (nSPS) is 15.0. The molecule has 0 N–H and O–H groups in total. The zero-order valence-electron chi connectivity index (χ0n) is 18.7. The maximum Gasteiger partial charge on any atom is 0.174 e. The van der Waals surface area contributed by atoms with E-state index in [1.165, 1.54) is 12.1 Å². The number of halogens is 4. The van der Waals surface area contributed by atoms with Crippen LogP contribution in [0, 0.1) is 35.1 Å². The van der Waals surface area contributed by atoms with Crippen LogP contribution in [-0.2, 0) is 19.3 Å². The largest absolute Gasteiger partial charge is 0.204 e. The highest BCUT2D eigenvalue weighted by molar-refractivity contribution is 5.47. The molecule has 0 saturated heterocycles. The summed E-state index contributed by atoms with van der Waals surface area (Å²) < 4.78 is 56.7. The Balaban J connectivity index is 1.51. The van der Waals surface area contributed by atoms with Crippen molar-refractivity contribution in [1.82, 2.24) is 0 Å². The van der Waals surface area contributed by atoms with Gasteiger partial charge in [0, 0.05) is 5.56 Å². The van der Waals surface area contributed by atoms with Gasteiger partial charge in [0.05, 0.1) is 5.56 Å². The van der Waals surface area contributed by atoms with Crippen molar-refractivity contribution in [2.45, 2.75) is 57.8 Å². The summed E-state index contributed by atoms with van der Waals surface area (Å²) in [6, 6.07) is 13.1. The topological polar surface area (TPSA) is 0 Å². The van der Waals surface area contributed by atoms with Crippen molar-refractivity contribution in [2.24, 2.45) is 0 Å².